The van der Waals surface area contributed by atoms with Crippen LogP contribution in [0.3, 0.4) is 0 Å². The molecule has 0 amide bonds. The van der Waals surface area contributed by atoms with E-state index in [4.69, 9.17) is 5.48 Å². The number of hydrogen-bond donors (Lipinski definition) is 0. The van der Waals surface area contributed by atoms with Gasteiger partial charge in [-0.25, -0.2) is 0 Å². The average Bonchev–Trinajstić information content (AvgIpc) is 2.14. The van der Waals surface area contributed by atoms with Crippen molar-refractivity contribution in [2.24, 2.45) is 0 Å². The van der Waals surface area contributed by atoms with E-state index in [1.54, 1.807) is 0 Å². The van der Waals surface area contributed by atoms with Crippen molar-refractivity contribution >= 4 is 11.9 Å². The fourth-order valence-electron chi connectivity index (χ4n) is 0.204. The summed E-state index contributed by atoms with van der Waals surface area (Å²) in [4.78, 5) is 21.7. The Morgan fingerprint density at radius 3 is 1.70 bits per heavy atom. The molecule has 0 aromatic rings. The van der Waals surface area contributed by atoms with Gasteiger partial charge in [0.15, 0.2) is 0 Å². The third-order valence-electron chi connectivity index (χ3n) is 0.637. The first-order valence-corrected chi connectivity index (χ1v) is 2.38. The second-order valence-corrected chi connectivity index (χ2v) is 1.23. The number of carbonyl (C=O) groups is 2. The van der Waals surface area contributed by atoms with Crippen molar-refractivity contribution < 1.29 is 24.5 Å². The normalized spacial score (nSPS) is 17.4. The van der Waals surface area contributed by atoms with Crippen LogP contribution in [0.25, 0.3) is 0 Å². The van der Waals surface area contributed by atoms with Gasteiger partial charge in [-0.3, -0.25) is 9.59 Å². The highest BCUT2D eigenvalue weighted by atomic mass is 16.5. The minimum absolute atomic E-state index is 0.896. The molecule has 0 aromatic heterocycles. The predicted octanol–water partition coefficient (Wildman–Crippen LogP) is 0.113. The summed E-state index contributed by atoms with van der Waals surface area (Å²) in [5.74, 6) is -2.93. The molecule has 0 aliphatic heterocycles. The molecular formula is C6H10O4. The van der Waals surface area contributed by atoms with Crippen LogP contribution in [-0.2, 0) is 19.1 Å². The maximum absolute atomic E-state index is 10.9. The van der Waals surface area contributed by atoms with Crippen LogP contribution in [-0.4, -0.2) is 26.2 Å². The molecule has 0 atom stereocenters. The van der Waals surface area contributed by atoms with Gasteiger partial charge in [-0.1, -0.05) is 0 Å². The minimum Gasteiger partial charge on any atom is -0.469 e. The molecule has 10 heavy (non-hydrogen) atoms. The number of esters is 2. The fourth-order valence-corrected chi connectivity index (χ4v) is 0.204. The highest BCUT2D eigenvalue weighted by Gasteiger charge is 2.04. The topological polar surface area (TPSA) is 52.6 Å². The summed E-state index contributed by atoms with van der Waals surface area (Å²) in [7, 11) is 1.79. The van der Waals surface area contributed by atoms with Crippen LogP contribution in [0.15, 0.2) is 0 Å². The van der Waals surface area contributed by atoms with E-state index in [1.165, 1.54) is 0 Å². The van der Waals surface area contributed by atoms with E-state index in [9.17, 15) is 9.59 Å². The van der Waals surface area contributed by atoms with Crippen molar-refractivity contribution in [3.8, 4) is 0 Å². The molecular weight excluding hydrogens is 136 g/mol. The molecule has 0 aliphatic rings. The standard InChI is InChI=1S/C6H10O4/c1-9-5(7)3-4-6(8)10-2/h3-4H2,1-2H3/i3D2,4D2. The molecule has 0 bridgehead atoms. The summed E-state index contributed by atoms with van der Waals surface area (Å²) < 4.78 is 36.4. The molecule has 0 saturated heterocycles. The van der Waals surface area contributed by atoms with Crippen molar-refractivity contribution in [1.82, 2.24) is 0 Å². The summed E-state index contributed by atoms with van der Waals surface area (Å²) in [6.07, 6.45) is -6.15. The highest BCUT2D eigenvalue weighted by Crippen LogP contribution is 1.92. The van der Waals surface area contributed by atoms with E-state index in [0.717, 1.165) is 14.2 Å². The molecule has 4 nitrogen and oxygen atoms in total. The Balaban J connectivity index is 5.06. The van der Waals surface area contributed by atoms with E-state index in [-0.39, 0.29) is 0 Å². The molecule has 0 radical (unpaired) electrons. The Morgan fingerprint density at radius 1 is 1.20 bits per heavy atom. The molecule has 0 rings (SSSR count). The van der Waals surface area contributed by atoms with Gasteiger partial charge in [0.25, 0.3) is 0 Å². The van der Waals surface area contributed by atoms with Crippen LogP contribution in [0.4, 0.5) is 0 Å². The van der Waals surface area contributed by atoms with Gasteiger partial charge in [-0.2, -0.15) is 0 Å². The zero-order chi connectivity index (χ0) is 11.6. The maximum atomic E-state index is 10.9. The van der Waals surface area contributed by atoms with Gasteiger partial charge in [0.05, 0.1) is 27.0 Å². The number of carbonyl (C=O) groups excluding carboxylic acids is 2. The SMILES string of the molecule is [2H]C([2H])(C(=O)OC)C([2H])([2H])C(=O)OC. The van der Waals surface area contributed by atoms with Gasteiger partial charge in [0, 0.05) is 5.48 Å². The minimum atomic E-state index is -3.07. The first kappa shape index (κ1) is 3.95. The van der Waals surface area contributed by atoms with Crippen molar-refractivity contribution in [3.05, 3.63) is 0 Å². The van der Waals surface area contributed by atoms with E-state index in [1.807, 2.05) is 0 Å². The largest absolute Gasteiger partial charge is 0.469 e. The Morgan fingerprint density at radius 2 is 1.50 bits per heavy atom. The maximum Gasteiger partial charge on any atom is 0.306 e. The zero-order valence-corrected chi connectivity index (χ0v) is 5.63. The molecule has 0 spiro atoms. The number of methoxy groups -OCH3 is 2. The molecule has 58 valence electrons. The summed E-state index contributed by atoms with van der Waals surface area (Å²) in [5, 5.41) is 0. The van der Waals surface area contributed by atoms with Crippen molar-refractivity contribution in [3.63, 3.8) is 0 Å². The molecule has 0 fully saturated rings. The number of rotatable bonds is 3. The lowest BCUT2D eigenvalue weighted by atomic mass is 10.3. The van der Waals surface area contributed by atoms with Gasteiger partial charge < -0.3 is 9.47 Å². The van der Waals surface area contributed by atoms with Crippen molar-refractivity contribution in [2.45, 2.75) is 12.7 Å². The first-order chi connectivity index (χ1) is 6.21. The summed E-state index contributed by atoms with van der Waals surface area (Å²) in [6.45, 7) is 0. The van der Waals surface area contributed by atoms with Crippen LogP contribution in [0, 0.1) is 0 Å². The van der Waals surface area contributed by atoms with Crippen LogP contribution in [0.1, 0.15) is 18.2 Å². The van der Waals surface area contributed by atoms with Crippen molar-refractivity contribution in [1.29, 1.82) is 0 Å². The second kappa shape index (κ2) is 4.78. The third-order valence-corrected chi connectivity index (χ3v) is 0.637. The third kappa shape index (κ3) is 3.88. The first-order valence-electron chi connectivity index (χ1n) is 4.38. The Hall–Kier alpha value is -1.06. The van der Waals surface area contributed by atoms with Gasteiger partial charge >= 0.3 is 11.9 Å². The van der Waals surface area contributed by atoms with E-state index >= 15 is 0 Å². The molecule has 0 unspecified atom stereocenters. The monoisotopic (exact) mass is 150 g/mol. The molecule has 0 heterocycles. The Labute approximate surface area is 64.7 Å². The van der Waals surface area contributed by atoms with Crippen LogP contribution in [0.2, 0.25) is 0 Å². The van der Waals surface area contributed by atoms with Gasteiger partial charge in [0.2, 0.25) is 0 Å². The Kier molecular flexibility index (Phi) is 1.89. The lowest BCUT2D eigenvalue weighted by Crippen LogP contribution is -2.06. The second-order valence-electron chi connectivity index (χ2n) is 1.23. The van der Waals surface area contributed by atoms with Crippen LogP contribution >= 0.6 is 0 Å². The number of ether oxygens (including phenoxy) is 2. The van der Waals surface area contributed by atoms with E-state index < -0.39 is 24.7 Å². The van der Waals surface area contributed by atoms with Gasteiger partial charge in [0.1, 0.15) is 0 Å². The number of hydrogen-bond acceptors (Lipinski definition) is 4. The van der Waals surface area contributed by atoms with Crippen LogP contribution in [0.5, 0.6) is 0 Å². The quantitative estimate of drug-likeness (QED) is 0.536. The average molecular weight is 150 g/mol. The van der Waals surface area contributed by atoms with Crippen molar-refractivity contribution in [2.75, 3.05) is 14.2 Å². The Bertz CT molecular complexity index is 224. The van der Waals surface area contributed by atoms with E-state index in [0.29, 0.717) is 0 Å². The summed E-state index contributed by atoms with van der Waals surface area (Å²) in [5.41, 5.74) is 0. The zero-order valence-electron chi connectivity index (χ0n) is 9.63. The fraction of sp³-hybridized carbons (Fsp3) is 0.667. The molecule has 4 heteroatoms. The predicted molar refractivity (Wildman–Crippen MR) is 33.3 cm³/mol. The summed E-state index contributed by atoms with van der Waals surface area (Å²) >= 11 is 0. The molecule has 0 saturated carbocycles. The van der Waals surface area contributed by atoms with Gasteiger partial charge in [-0.15, -0.1) is 0 Å². The summed E-state index contributed by atoms with van der Waals surface area (Å²) in [6, 6.07) is 0. The smallest absolute Gasteiger partial charge is 0.306 e. The van der Waals surface area contributed by atoms with E-state index in [2.05, 4.69) is 9.47 Å². The molecule has 0 aliphatic carbocycles. The van der Waals surface area contributed by atoms with Crippen LogP contribution < -0.4 is 0 Å². The molecule has 0 N–H and O–H groups in total. The lowest BCUT2D eigenvalue weighted by molar-refractivity contribution is -0.147. The molecule has 0 aromatic carbocycles. The lowest BCUT2D eigenvalue weighted by Gasteiger charge is -1.96. The van der Waals surface area contributed by atoms with Gasteiger partial charge in [-0.05, 0) is 0 Å². The highest BCUT2D eigenvalue weighted by molar-refractivity contribution is 5.77.